The third-order valence-electron chi connectivity index (χ3n) is 4.05. The summed E-state index contributed by atoms with van der Waals surface area (Å²) in [7, 11) is 0. The van der Waals surface area contributed by atoms with Crippen LogP contribution >= 0.6 is 22.9 Å². The van der Waals surface area contributed by atoms with E-state index >= 15 is 0 Å². The van der Waals surface area contributed by atoms with Gasteiger partial charge in [0.2, 0.25) is 5.91 Å². The Kier molecular flexibility index (Phi) is 4.54. The second kappa shape index (κ2) is 6.42. The fourth-order valence-electron chi connectivity index (χ4n) is 2.75. The monoisotopic (exact) mass is 337 g/mol. The number of piperazine rings is 1. The van der Waals surface area contributed by atoms with Crippen LogP contribution in [0.2, 0.25) is 5.02 Å². The molecule has 0 radical (unpaired) electrons. The van der Waals surface area contributed by atoms with Crippen molar-refractivity contribution in [1.82, 2.24) is 9.88 Å². The molecule has 6 heteroatoms. The molecule has 0 aliphatic carbocycles. The van der Waals surface area contributed by atoms with Gasteiger partial charge in [-0.05, 0) is 25.0 Å². The SMILES string of the molecule is CCCC(=O)N1CCN(c2nc3c(C)ccc(Cl)c3s2)CC1. The van der Waals surface area contributed by atoms with Gasteiger partial charge in [-0.3, -0.25) is 4.79 Å². The highest BCUT2D eigenvalue weighted by Crippen LogP contribution is 2.35. The molecule has 118 valence electrons. The number of aromatic nitrogens is 1. The van der Waals surface area contributed by atoms with Crippen LogP contribution in [0.3, 0.4) is 0 Å². The number of hydrogen-bond acceptors (Lipinski definition) is 4. The summed E-state index contributed by atoms with van der Waals surface area (Å²) >= 11 is 7.92. The molecule has 0 atom stereocenters. The number of halogens is 1. The Balaban J connectivity index is 1.75. The maximum absolute atomic E-state index is 11.9. The van der Waals surface area contributed by atoms with Gasteiger partial charge in [-0.1, -0.05) is 35.9 Å². The third-order valence-corrected chi connectivity index (χ3v) is 5.63. The molecule has 0 spiro atoms. The van der Waals surface area contributed by atoms with Gasteiger partial charge in [-0.2, -0.15) is 0 Å². The maximum Gasteiger partial charge on any atom is 0.222 e. The standard InChI is InChI=1S/C16H20ClN3OS/c1-3-4-13(21)19-7-9-20(10-8-19)16-18-14-11(2)5-6-12(17)15(14)22-16/h5-6H,3-4,7-10H2,1-2H3. The predicted molar refractivity (Wildman–Crippen MR) is 93.1 cm³/mol. The maximum atomic E-state index is 11.9. The number of carbonyl (C=O) groups is 1. The first-order chi connectivity index (χ1) is 10.6. The van der Waals surface area contributed by atoms with Gasteiger partial charge in [-0.15, -0.1) is 0 Å². The van der Waals surface area contributed by atoms with Crippen molar-refractivity contribution in [3.63, 3.8) is 0 Å². The Morgan fingerprint density at radius 2 is 2.05 bits per heavy atom. The molecule has 1 saturated heterocycles. The number of thiazole rings is 1. The molecule has 22 heavy (non-hydrogen) atoms. The predicted octanol–water partition coefficient (Wildman–Crippen LogP) is 3.71. The topological polar surface area (TPSA) is 36.4 Å². The molecule has 1 aliphatic heterocycles. The lowest BCUT2D eigenvalue weighted by atomic mass is 10.2. The van der Waals surface area contributed by atoms with Gasteiger partial charge in [0.05, 0.1) is 15.2 Å². The minimum Gasteiger partial charge on any atom is -0.345 e. The van der Waals surface area contributed by atoms with Crippen molar-refractivity contribution in [2.45, 2.75) is 26.7 Å². The van der Waals surface area contributed by atoms with Crippen LogP contribution in [0.1, 0.15) is 25.3 Å². The van der Waals surface area contributed by atoms with E-state index in [9.17, 15) is 4.79 Å². The summed E-state index contributed by atoms with van der Waals surface area (Å²) in [5, 5.41) is 1.77. The first kappa shape index (κ1) is 15.6. The van der Waals surface area contributed by atoms with Gasteiger partial charge in [0, 0.05) is 32.6 Å². The largest absolute Gasteiger partial charge is 0.345 e. The first-order valence-corrected chi connectivity index (χ1v) is 8.88. The van der Waals surface area contributed by atoms with Crippen molar-refractivity contribution in [2.75, 3.05) is 31.1 Å². The van der Waals surface area contributed by atoms with Crippen molar-refractivity contribution >= 4 is 44.2 Å². The van der Waals surface area contributed by atoms with Crippen LogP contribution in [0, 0.1) is 6.92 Å². The summed E-state index contributed by atoms with van der Waals surface area (Å²) in [4.78, 5) is 20.9. The zero-order valence-electron chi connectivity index (χ0n) is 12.9. The number of anilines is 1. The van der Waals surface area contributed by atoms with Gasteiger partial charge in [0.15, 0.2) is 5.13 Å². The van der Waals surface area contributed by atoms with Gasteiger partial charge in [0.25, 0.3) is 0 Å². The molecule has 4 nitrogen and oxygen atoms in total. The molecule has 0 unspecified atom stereocenters. The first-order valence-electron chi connectivity index (χ1n) is 7.68. The van der Waals surface area contributed by atoms with Gasteiger partial charge in [-0.25, -0.2) is 4.98 Å². The number of aryl methyl sites for hydroxylation is 1. The Bertz CT molecular complexity index is 653. The summed E-state index contributed by atoms with van der Waals surface area (Å²) in [5.74, 6) is 0.269. The number of nitrogens with zero attached hydrogens (tertiary/aromatic N) is 3. The zero-order chi connectivity index (χ0) is 15.7. The van der Waals surface area contributed by atoms with E-state index in [0.717, 1.165) is 58.5 Å². The van der Waals surface area contributed by atoms with E-state index < -0.39 is 0 Å². The second-order valence-corrected chi connectivity index (χ2v) is 7.04. The molecule has 0 N–H and O–H groups in total. The lowest BCUT2D eigenvalue weighted by Crippen LogP contribution is -2.48. The average Bonchev–Trinajstić information content (AvgIpc) is 2.98. The van der Waals surface area contributed by atoms with E-state index in [1.807, 2.05) is 24.0 Å². The fraction of sp³-hybridized carbons (Fsp3) is 0.500. The number of rotatable bonds is 3. The van der Waals surface area contributed by atoms with E-state index in [4.69, 9.17) is 16.6 Å². The quantitative estimate of drug-likeness (QED) is 0.856. The van der Waals surface area contributed by atoms with Crippen molar-refractivity contribution in [2.24, 2.45) is 0 Å². The Morgan fingerprint density at radius 3 is 2.68 bits per heavy atom. The minimum absolute atomic E-state index is 0.269. The normalized spacial score (nSPS) is 15.6. The molecule has 1 aromatic heterocycles. The summed E-state index contributed by atoms with van der Waals surface area (Å²) in [6.45, 7) is 7.34. The Morgan fingerprint density at radius 1 is 1.32 bits per heavy atom. The van der Waals surface area contributed by atoms with E-state index in [0.29, 0.717) is 6.42 Å². The number of benzene rings is 1. The number of hydrogen-bond donors (Lipinski definition) is 0. The summed E-state index contributed by atoms with van der Waals surface area (Å²) in [5.41, 5.74) is 2.15. The lowest BCUT2D eigenvalue weighted by Gasteiger charge is -2.34. The van der Waals surface area contributed by atoms with E-state index in [1.165, 1.54) is 0 Å². The zero-order valence-corrected chi connectivity index (χ0v) is 14.5. The van der Waals surface area contributed by atoms with E-state index in [-0.39, 0.29) is 5.91 Å². The van der Waals surface area contributed by atoms with Crippen LogP contribution in [0.5, 0.6) is 0 Å². The molecular weight excluding hydrogens is 318 g/mol. The number of carbonyl (C=O) groups excluding carboxylic acids is 1. The molecule has 1 fully saturated rings. The Hall–Kier alpha value is -1.33. The molecule has 0 saturated carbocycles. The van der Waals surface area contributed by atoms with E-state index in [2.05, 4.69) is 11.8 Å². The van der Waals surface area contributed by atoms with Crippen molar-refractivity contribution < 1.29 is 4.79 Å². The molecule has 2 aromatic rings. The van der Waals surface area contributed by atoms with Crippen molar-refractivity contribution in [1.29, 1.82) is 0 Å². The fourth-order valence-corrected chi connectivity index (χ4v) is 4.11. The van der Waals surface area contributed by atoms with Crippen LogP contribution in [0.15, 0.2) is 12.1 Å². The Labute approximate surface area is 139 Å². The third kappa shape index (κ3) is 2.92. The molecule has 1 amide bonds. The van der Waals surface area contributed by atoms with Crippen LogP contribution in [-0.2, 0) is 4.79 Å². The molecule has 2 heterocycles. The minimum atomic E-state index is 0.269. The lowest BCUT2D eigenvalue weighted by molar-refractivity contribution is -0.131. The summed E-state index contributed by atoms with van der Waals surface area (Å²) in [6.07, 6.45) is 1.56. The van der Waals surface area contributed by atoms with Crippen LogP contribution in [0.25, 0.3) is 10.2 Å². The molecular formula is C16H20ClN3OS. The van der Waals surface area contributed by atoms with Crippen LogP contribution in [-0.4, -0.2) is 42.0 Å². The van der Waals surface area contributed by atoms with E-state index in [1.54, 1.807) is 11.3 Å². The molecule has 0 bridgehead atoms. The smallest absolute Gasteiger partial charge is 0.222 e. The summed E-state index contributed by atoms with van der Waals surface area (Å²) < 4.78 is 1.06. The summed E-state index contributed by atoms with van der Waals surface area (Å²) in [6, 6.07) is 3.94. The van der Waals surface area contributed by atoms with Crippen molar-refractivity contribution in [3.05, 3.63) is 22.7 Å². The van der Waals surface area contributed by atoms with Crippen LogP contribution < -0.4 is 4.90 Å². The van der Waals surface area contributed by atoms with Gasteiger partial charge >= 0.3 is 0 Å². The number of fused-ring (bicyclic) bond motifs is 1. The van der Waals surface area contributed by atoms with Crippen LogP contribution in [0.4, 0.5) is 5.13 Å². The molecule has 3 rings (SSSR count). The van der Waals surface area contributed by atoms with Crippen molar-refractivity contribution in [3.8, 4) is 0 Å². The van der Waals surface area contributed by atoms with Gasteiger partial charge in [0.1, 0.15) is 0 Å². The average molecular weight is 338 g/mol. The second-order valence-electron chi connectivity index (χ2n) is 5.66. The highest BCUT2D eigenvalue weighted by Gasteiger charge is 2.23. The highest BCUT2D eigenvalue weighted by molar-refractivity contribution is 7.22. The number of amides is 1. The molecule has 1 aromatic carbocycles. The molecule has 1 aliphatic rings. The van der Waals surface area contributed by atoms with Gasteiger partial charge < -0.3 is 9.80 Å². The highest BCUT2D eigenvalue weighted by atomic mass is 35.5.